The lowest BCUT2D eigenvalue weighted by molar-refractivity contribution is -0.123. The number of carbonyl (C=O) groups is 2. The van der Waals surface area contributed by atoms with Gasteiger partial charge in [-0.1, -0.05) is 18.2 Å². The van der Waals surface area contributed by atoms with E-state index < -0.39 is 5.91 Å². The highest BCUT2D eigenvalue weighted by Crippen LogP contribution is 2.20. The second kappa shape index (κ2) is 8.27. The summed E-state index contributed by atoms with van der Waals surface area (Å²) in [5.41, 5.74) is 6.20. The fourth-order valence-electron chi connectivity index (χ4n) is 2.70. The van der Waals surface area contributed by atoms with E-state index in [1.165, 1.54) is 0 Å². The van der Waals surface area contributed by atoms with Crippen LogP contribution in [0.5, 0.6) is 11.5 Å². The van der Waals surface area contributed by atoms with E-state index in [2.05, 4.69) is 10.9 Å². The van der Waals surface area contributed by atoms with Crippen LogP contribution in [0.3, 0.4) is 0 Å². The van der Waals surface area contributed by atoms with E-state index in [4.69, 9.17) is 9.47 Å². The van der Waals surface area contributed by atoms with Gasteiger partial charge >= 0.3 is 0 Å². The molecule has 0 saturated carbocycles. The molecule has 0 radical (unpaired) electrons. The van der Waals surface area contributed by atoms with Crippen LogP contribution < -0.4 is 20.3 Å². The molecule has 0 unspecified atom stereocenters. The zero-order valence-corrected chi connectivity index (χ0v) is 15.2. The van der Waals surface area contributed by atoms with Crippen LogP contribution in [0.25, 0.3) is 10.9 Å². The number of hydrogen-bond donors (Lipinski definition) is 2. The quantitative estimate of drug-likeness (QED) is 0.656. The van der Waals surface area contributed by atoms with Gasteiger partial charge in [0, 0.05) is 24.1 Å². The molecule has 0 saturated heterocycles. The van der Waals surface area contributed by atoms with Crippen LogP contribution >= 0.6 is 0 Å². The summed E-state index contributed by atoms with van der Waals surface area (Å²) in [6.07, 6.45) is 1.72. The molecule has 3 rings (SSSR count). The normalized spacial score (nSPS) is 10.4. The predicted molar refractivity (Wildman–Crippen MR) is 102 cm³/mol. The van der Waals surface area contributed by atoms with Gasteiger partial charge in [-0.25, -0.2) is 0 Å². The molecule has 7 heteroatoms. The summed E-state index contributed by atoms with van der Waals surface area (Å²) in [6.45, 7) is 2.27. The largest absolute Gasteiger partial charge is 0.494 e. The SMILES string of the molecule is CCOc1ccc(OCC(=O)NNC(=O)c2cn(C)c3ccccc23)cc1. The van der Waals surface area contributed by atoms with Crippen molar-refractivity contribution in [1.29, 1.82) is 0 Å². The van der Waals surface area contributed by atoms with Gasteiger partial charge < -0.3 is 14.0 Å². The van der Waals surface area contributed by atoms with Gasteiger partial charge in [0.15, 0.2) is 6.61 Å². The van der Waals surface area contributed by atoms with Crippen molar-refractivity contribution < 1.29 is 19.1 Å². The van der Waals surface area contributed by atoms with Gasteiger partial charge in [-0.15, -0.1) is 0 Å². The van der Waals surface area contributed by atoms with Gasteiger partial charge in [-0.3, -0.25) is 20.4 Å². The Labute approximate surface area is 156 Å². The Balaban J connectivity index is 1.52. The first-order valence-electron chi connectivity index (χ1n) is 8.57. The first-order chi connectivity index (χ1) is 13.1. The number of rotatable bonds is 6. The Morgan fingerprint density at radius 3 is 2.33 bits per heavy atom. The first-order valence-corrected chi connectivity index (χ1v) is 8.57. The number of hydrazine groups is 1. The van der Waals surface area contributed by atoms with E-state index in [1.54, 1.807) is 30.5 Å². The number of amides is 2. The van der Waals surface area contributed by atoms with Gasteiger partial charge in [-0.05, 0) is 37.3 Å². The summed E-state index contributed by atoms with van der Waals surface area (Å²) in [4.78, 5) is 24.3. The molecule has 0 aliphatic rings. The molecule has 0 atom stereocenters. The Kier molecular flexibility index (Phi) is 5.61. The number of benzene rings is 2. The lowest BCUT2D eigenvalue weighted by Crippen LogP contribution is -2.43. The molecular weight excluding hydrogens is 346 g/mol. The molecule has 2 amide bonds. The summed E-state index contributed by atoms with van der Waals surface area (Å²) in [6, 6.07) is 14.5. The van der Waals surface area contributed by atoms with E-state index in [1.807, 2.05) is 42.8 Å². The third-order valence-electron chi connectivity index (χ3n) is 3.96. The van der Waals surface area contributed by atoms with Crippen molar-refractivity contribution in [1.82, 2.24) is 15.4 Å². The van der Waals surface area contributed by atoms with Crippen LogP contribution in [0.15, 0.2) is 54.7 Å². The van der Waals surface area contributed by atoms with Crippen molar-refractivity contribution in [2.45, 2.75) is 6.92 Å². The van der Waals surface area contributed by atoms with Crippen LogP contribution in [0, 0.1) is 0 Å². The smallest absolute Gasteiger partial charge is 0.276 e. The highest BCUT2D eigenvalue weighted by atomic mass is 16.5. The number of ether oxygens (including phenoxy) is 2. The van der Waals surface area contributed by atoms with Crippen molar-refractivity contribution >= 4 is 22.7 Å². The van der Waals surface area contributed by atoms with Crippen molar-refractivity contribution in [2.24, 2.45) is 7.05 Å². The molecule has 2 N–H and O–H groups in total. The number of para-hydroxylation sites is 1. The highest BCUT2D eigenvalue weighted by Gasteiger charge is 2.14. The van der Waals surface area contributed by atoms with Crippen LogP contribution in [-0.4, -0.2) is 29.6 Å². The van der Waals surface area contributed by atoms with Crippen molar-refractivity contribution in [3.63, 3.8) is 0 Å². The van der Waals surface area contributed by atoms with E-state index >= 15 is 0 Å². The van der Waals surface area contributed by atoms with Crippen molar-refractivity contribution in [2.75, 3.05) is 13.2 Å². The van der Waals surface area contributed by atoms with E-state index in [0.29, 0.717) is 17.9 Å². The number of nitrogens with one attached hydrogen (secondary N) is 2. The van der Waals surface area contributed by atoms with Gasteiger partial charge in [0.25, 0.3) is 11.8 Å². The lowest BCUT2D eigenvalue weighted by atomic mass is 10.2. The molecule has 140 valence electrons. The average Bonchev–Trinajstić information content (AvgIpc) is 3.03. The Morgan fingerprint density at radius 1 is 0.963 bits per heavy atom. The number of fused-ring (bicyclic) bond motifs is 1. The molecule has 7 nitrogen and oxygen atoms in total. The summed E-state index contributed by atoms with van der Waals surface area (Å²) in [7, 11) is 1.86. The minimum absolute atomic E-state index is 0.218. The molecule has 3 aromatic rings. The zero-order valence-electron chi connectivity index (χ0n) is 15.2. The molecule has 0 bridgehead atoms. The molecule has 0 aliphatic carbocycles. The fraction of sp³-hybridized carbons (Fsp3) is 0.200. The number of aromatic nitrogens is 1. The van der Waals surface area contributed by atoms with E-state index in [9.17, 15) is 9.59 Å². The number of aryl methyl sites for hydroxylation is 1. The number of carbonyl (C=O) groups excluding carboxylic acids is 2. The molecule has 1 heterocycles. The van der Waals surface area contributed by atoms with Crippen molar-refractivity contribution in [3.05, 3.63) is 60.3 Å². The topological polar surface area (TPSA) is 81.6 Å². The monoisotopic (exact) mass is 367 g/mol. The number of nitrogens with zero attached hydrogens (tertiary/aromatic N) is 1. The molecule has 0 aliphatic heterocycles. The minimum Gasteiger partial charge on any atom is -0.494 e. The predicted octanol–water partition coefficient (Wildman–Crippen LogP) is 2.42. The molecule has 27 heavy (non-hydrogen) atoms. The average molecular weight is 367 g/mol. The van der Waals surface area contributed by atoms with Gasteiger partial charge in [0.05, 0.1) is 12.2 Å². The maximum atomic E-state index is 12.4. The van der Waals surface area contributed by atoms with Gasteiger partial charge in [0.1, 0.15) is 11.5 Å². The number of hydrogen-bond acceptors (Lipinski definition) is 4. The molecule has 0 fully saturated rings. The minimum atomic E-state index is -0.461. The first kappa shape index (κ1) is 18.3. The highest BCUT2D eigenvalue weighted by molar-refractivity contribution is 6.07. The van der Waals surface area contributed by atoms with Crippen LogP contribution in [-0.2, 0) is 11.8 Å². The summed E-state index contributed by atoms with van der Waals surface area (Å²) in [5, 5.41) is 0.817. The Bertz CT molecular complexity index is 948. The Hall–Kier alpha value is -3.48. The zero-order chi connectivity index (χ0) is 19.2. The third kappa shape index (κ3) is 4.38. The van der Waals surface area contributed by atoms with E-state index in [0.717, 1.165) is 16.7 Å². The maximum absolute atomic E-state index is 12.4. The summed E-state index contributed by atoms with van der Waals surface area (Å²) >= 11 is 0. The van der Waals surface area contributed by atoms with Crippen LogP contribution in [0.2, 0.25) is 0 Å². The van der Waals surface area contributed by atoms with Crippen LogP contribution in [0.1, 0.15) is 17.3 Å². The van der Waals surface area contributed by atoms with E-state index in [-0.39, 0.29) is 12.5 Å². The molecular formula is C20H21N3O4. The summed E-state index contributed by atoms with van der Waals surface area (Å²) in [5.74, 6) is 0.421. The molecule has 2 aromatic carbocycles. The third-order valence-corrected chi connectivity index (χ3v) is 3.96. The second-order valence-electron chi connectivity index (χ2n) is 5.87. The van der Waals surface area contributed by atoms with Crippen molar-refractivity contribution in [3.8, 4) is 11.5 Å². The van der Waals surface area contributed by atoms with Gasteiger partial charge in [0.2, 0.25) is 0 Å². The lowest BCUT2D eigenvalue weighted by Gasteiger charge is -2.09. The molecule has 1 aromatic heterocycles. The second-order valence-corrected chi connectivity index (χ2v) is 5.87. The summed E-state index contributed by atoms with van der Waals surface area (Å²) < 4.78 is 12.6. The standard InChI is InChI=1S/C20H21N3O4/c1-3-26-14-8-10-15(11-9-14)27-13-19(24)21-22-20(25)17-12-23(2)18-7-5-4-6-16(17)18/h4-12H,3,13H2,1-2H3,(H,21,24)(H,22,25). The van der Waals surface area contributed by atoms with Gasteiger partial charge in [-0.2, -0.15) is 0 Å². The fourth-order valence-corrected chi connectivity index (χ4v) is 2.70. The van der Waals surface area contributed by atoms with Crippen LogP contribution in [0.4, 0.5) is 0 Å². The maximum Gasteiger partial charge on any atom is 0.276 e. The molecule has 0 spiro atoms. The Morgan fingerprint density at radius 2 is 1.63 bits per heavy atom.